The zero-order valence-electron chi connectivity index (χ0n) is 7.51. The molecule has 0 saturated carbocycles. The molecular formula is C7H17NO3. The van der Waals surface area contributed by atoms with E-state index in [0.717, 1.165) is 0 Å². The SMILES string of the molecule is C[C-](O)CC(=O)O.C[NH+](C)C. The maximum atomic E-state index is 9.63. The predicted molar refractivity (Wildman–Crippen MR) is 41.8 cm³/mol. The van der Waals surface area contributed by atoms with Gasteiger partial charge in [-0.05, 0) is 0 Å². The van der Waals surface area contributed by atoms with Crippen molar-refractivity contribution in [2.24, 2.45) is 0 Å². The van der Waals surface area contributed by atoms with Gasteiger partial charge in [-0.3, -0.25) is 4.79 Å². The van der Waals surface area contributed by atoms with Crippen molar-refractivity contribution in [3.05, 3.63) is 6.10 Å². The Balaban J connectivity index is 0. The molecular weight excluding hydrogens is 146 g/mol. The zero-order chi connectivity index (χ0) is 9.44. The lowest BCUT2D eigenvalue weighted by molar-refractivity contribution is -0.836. The third-order valence-corrected chi connectivity index (χ3v) is 0.407. The number of aliphatic carboxylic acids is 1. The topological polar surface area (TPSA) is 62.0 Å². The normalized spacial score (nSPS) is 9.36. The Morgan fingerprint density at radius 2 is 1.73 bits per heavy atom. The Labute approximate surface area is 67.4 Å². The van der Waals surface area contributed by atoms with Crippen LogP contribution in [0.2, 0.25) is 0 Å². The van der Waals surface area contributed by atoms with E-state index in [2.05, 4.69) is 21.1 Å². The molecule has 0 aliphatic rings. The van der Waals surface area contributed by atoms with Crippen LogP contribution in [0, 0.1) is 6.10 Å². The summed E-state index contributed by atoms with van der Waals surface area (Å²) in [6, 6.07) is 0. The molecule has 0 aliphatic carbocycles. The molecule has 0 aliphatic heterocycles. The highest BCUT2D eigenvalue weighted by atomic mass is 16.4. The van der Waals surface area contributed by atoms with Crippen LogP contribution in [0.1, 0.15) is 13.3 Å². The van der Waals surface area contributed by atoms with E-state index in [1.165, 1.54) is 11.8 Å². The molecule has 0 aromatic heterocycles. The first-order valence-electron chi connectivity index (χ1n) is 3.36. The minimum atomic E-state index is -1.000. The van der Waals surface area contributed by atoms with Gasteiger partial charge < -0.3 is 15.1 Å². The van der Waals surface area contributed by atoms with Crippen LogP contribution in [-0.2, 0) is 4.79 Å². The number of aliphatic hydroxyl groups excluding tert-OH is 1. The molecule has 0 aromatic rings. The first kappa shape index (κ1) is 13.0. The van der Waals surface area contributed by atoms with Gasteiger partial charge in [-0.15, -0.1) is 0 Å². The second-order valence-corrected chi connectivity index (χ2v) is 2.81. The van der Waals surface area contributed by atoms with Gasteiger partial charge in [0.05, 0.1) is 21.1 Å². The Hall–Kier alpha value is -0.610. The fourth-order valence-electron chi connectivity index (χ4n) is 0.219. The van der Waals surface area contributed by atoms with Crippen molar-refractivity contribution in [3.63, 3.8) is 0 Å². The molecule has 0 atom stereocenters. The lowest BCUT2D eigenvalue weighted by Gasteiger charge is -2.09. The van der Waals surface area contributed by atoms with Gasteiger partial charge in [0.1, 0.15) is 0 Å². The van der Waals surface area contributed by atoms with Gasteiger partial charge in [-0.2, -0.15) is 13.0 Å². The molecule has 0 heterocycles. The first-order chi connectivity index (χ1) is 4.86. The van der Waals surface area contributed by atoms with Crippen LogP contribution in [0.4, 0.5) is 0 Å². The molecule has 0 radical (unpaired) electrons. The van der Waals surface area contributed by atoms with Crippen molar-refractivity contribution >= 4 is 5.97 Å². The lowest BCUT2D eigenvalue weighted by Crippen LogP contribution is -3.02. The Kier molecular flexibility index (Phi) is 8.87. The number of nitrogens with one attached hydrogen (secondary N) is 1. The van der Waals surface area contributed by atoms with Gasteiger partial charge in [0.2, 0.25) is 0 Å². The number of carbonyl (C=O) groups is 1. The molecule has 0 spiro atoms. The van der Waals surface area contributed by atoms with Gasteiger partial charge in [0.25, 0.3) is 5.97 Å². The molecule has 11 heavy (non-hydrogen) atoms. The van der Waals surface area contributed by atoms with E-state index in [-0.39, 0.29) is 12.5 Å². The van der Waals surface area contributed by atoms with Gasteiger partial charge in [0.15, 0.2) is 0 Å². The average Bonchev–Trinajstić information content (AvgIpc) is 1.56. The number of hydrogen-bond acceptors (Lipinski definition) is 2. The molecule has 68 valence electrons. The zero-order valence-corrected chi connectivity index (χ0v) is 7.51. The highest BCUT2D eigenvalue weighted by molar-refractivity contribution is 5.68. The second-order valence-electron chi connectivity index (χ2n) is 2.81. The van der Waals surface area contributed by atoms with E-state index in [0.29, 0.717) is 0 Å². The molecule has 0 unspecified atom stereocenters. The van der Waals surface area contributed by atoms with Crippen molar-refractivity contribution in [3.8, 4) is 0 Å². The number of aliphatic hydroxyl groups is 1. The van der Waals surface area contributed by atoms with Gasteiger partial charge >= 0.3 is 0 Å². The van der Waals surface area contributed by atoms with Crippen molar-refractivity contribution in [2.75, 3.05) is 21.1 Å². The quantitative estimate of drug-likeness (QED) is 0.464. The largest absolute Gasteiger partial charge is 0.563 e. The third kappa shape index (κ3) is 44.6. The average molecular weight is 163 g/mol. The number of hydrogen-bond donors (Lipinski definition) is 3. The monoisotopic (exact) mass is 163 g/mol. The number of quaternary nitrogens is 1. The van der Waals surface area contributed by atoms with Crippen LogP contribution < -0.4 is 4.90 Å². The fourth-order valence-corrected chi connectivity index (χ4v) is 0.219. The van der Waals surface area contributed by atoms with Crippen LogP contribution in [-0.4, -0.2) is 37.3 Å². The molecule has 3 N–H and O–H groups in total. The highest BCUT2D eigenvalue weighted by Crippen LogP contribution is 1.95. The molecule has 0 rings (SSSR count). The van der Waals surface area contributed by atoms with E-state index in [9.17, 15) is 4.79 Å². The number of carboxylic acids is 1. The van der Waals surface area contributed by atoms with Crippen molar-refractivity contribution in [1.82, 2.24) is 0 Å². The Bertz CT molecular complexity index is 99.1. The Morgan fingerprint density at radius 3 is 1.73 bits per heavy atom. The summed E-state index contributed by atoms with van der Waals surface area (Å²) in [6.07, 6.45) is -0.312. The summed E-state index contributed by atoms with van der Waals surface area (Å²) in [6.45, 7) is 1.36. The van der Waals surface area contributed by atoms with Gasteiger partial charge in [-0.1, -0.05) is 6.42 Å². The van der Waals surface area contributed by atoms with Crippen LogP contribution in [0.3, 0.4) is 0 Å². The highest BCUT2D eigenvalue weighted by Gasteiger charge is 1.87. The van der Waals surface area contributed by atoms with E-state index in [1.54, 1.807) is 0 Å². The maximum Gasteiger partial charge on any atom is 0.275 e. The summed E-state index contributed by atoms with van der Waals surface area (Å²) in [5.74, 6) is -1.000. The summed E-state index contributed by atoms with van der Waals surface area (Å²) in [5.41, 5.74) is 0. The van der Waals surface area contributed by atoms with Crippen LogP contribution in [0.5, 0.6) is 0 Å². The maximum absolute atomic E-state index is 9.63. The predicted octanol–water partition coefficient (Wildman–Crippen LogP) is -0.854. The van der Waals surface area contributed by atoms with Crippen LogP contribution in [0.25, 0.3) is 0 Å². The number of carboxylic acid groups (broad SMARTS) is 1. The van der Waals surface area contributed by atoms with E-state index in [4.69, 9.17) is 10.2 Å². The van der Waals surface area contributed by atoms with E-state index < -0.39 is 5.97 Å². The van der Waals surface area contributed by atoms with E-state index in [1.807, 2.05) is 0 Å². The molecule has 4 nitrogen and oxygen atoms in total. The summed E-state index contributed by atoms with van der Waals surface area (Å²) < 4.78 is 0. The van der Waals surface area contributed by atoms with Crippen molar-refractivity contribution < 1.29 is 19.9 Å². The fraction of sp³-hybridized carbons (Fsp3) is 0.714. The lowest BCUT2D eigenvalue weighted by atomic mass is 10.3. The minimum absolute atomic E-state index is 0.0625. The molecule has 0 aromatic carbocycles. The van der Waals surface area contributed by atoms with Crippen molar-refractivity contribution in [1.29, 1.82) is 0 Å². The van der Waals surface area contributed by atoms with Gasteiger partial charge in [-0.25, -0.2) is 0 Å². The van der Waals surface area contributed by atoms with Crippen LogP contribution in [0.15, 0.2) is 0 Å². The number of rotatable bonds is 2. The van der Waals surface area contributed by atoms with Gasteiger partial charge in [0, 0.05) is 0 Å². The molecule has 0 saturated heterocycles. The molecule has 4 heteroatoms. The second kappa shape index (κ2) is 7.50. The third-order valence-electron chi connectivity index (χ3n) is 0.407. The Morgan fingerprint density at radius 1 is 1.45 bits per heavy atom. The molecule has 0 amide bonds. The standard InChI is InChI=1S/C4H7O3.C3H9N/c1-3(5)2-4(6)7;1-4(2)3/h5H,2H2,1H3,(H,6,7);1-3H3/q-1;/p+1. The summed E-state index contributed by atoms with van der Waals surface area (Å²) in [7, 11) is 6.25. The summed E-state index contributed by atoms with van der Waals surface area (Å²) in [4.78, 5) is 11.0. The van der Waals surface area contributed by atoms with Crippen molar-refractivity contribution in [2.45, 2.75) is 13.3 Å². The first-order valence-corrected chi connectivity index (χ1v) is 3.36. The minimum Gasteiger partial charge on any atom is -0.563 e. The summed E-state index contributed by atoms with van der Waals surface area (Å²) >= 11 is 0. The molecule has 0 fully saturated rings. The van der Waals surface area contributed by atoms with E-state index >= 15 is 0 Å². The van der Waals surface area contributed by atoms with Crippen LogP contribution >= 0.6 is 0 Å². The molecule has 0 bridgehead atoms. The smallest absolute Gasteiger partial charge is 0.275 e. The summed E-state index contributed by atoms with van der Waals surface area (Å²) in [5, 5.41) is 16.2.